The molecule has 0 amide bonds. The van der Waals surface area contributed by atoms with Gasteiger partial charge in [0.25, 0.3) is 0 Å². The van der Waals surface area contributed by atoms with E-state index in [9.17, 15) is 0 Å². The van der Waals surface area contributed by atoms with Crippen LogP contribution in [-0.2, 0) is 4.74 Å². The minimum absolute atomic E-state index is 0.406. The molecule has 2 aliphatic rings. The molecule has 0 N–H and O–H groups in total. The summed E-state index contributed by atoms with van der Waals surface area (Å²) in [5, 5.41) is 0. The molecule has 4 heteroatoms. The first kappa shape index (κ1) is 13.8. The molecule has 0 aromatic rings. The number of likely N-dealkylation sites (tertiary alicyclic amines) is 1. The van der Waals surface area contributed by atoms with Gasteiger partial charge in [0.2, 0.25) is 0 Å². The van der Waals surface area contributed by atoms with E-state index in [0.29, 0.717) is 17.0 Å². The standard InChI is InChI=1S/C13H25BrN2O/c1-11(2)16-6-7-17-13(10-16)9-15-5-3-4-12(14)8-15/h11-13H,3-10H2,1-2H3. The molecule has 0 aliphatic carbocycles. The molecule has 0 saturated carbocycles. The van der Waals surface area contributed by atoms with Crippen LogP contribution in [-0.4, -0.2) is 66.1 Å². The third kappa shape index (κ3) is 4.19. The van der Waals surface area contributed by atoms with Gasteiger partial charge in [-0.3, -0.25) is 9.80 Å². The molecule has 2 atom stereocenters. The second-order valence-corrected chi connectivity index (χ2v) is 6.88. The number of alkyl halides is 1. The summed E-state index contributed by atoms with van der Waals surface area (Å²) in [5.74, 6) is 0. The van der Waals surface area contributed by atoms with Gasteiger partial charge in [-0.25, -0.2) is 0 Å². The van der Waals surface area contributed by atoms with Crippen LogP contribution in [0.15, 0.2) is 0 Å². The second kappa shape index (κ2) is 6.50. The Balaban J connectivity index is 1.78. The maximum atomic E-state index is 5.90. The monoisotopic (exact) mass is 304 g/mol. The summed E-state index contributed by atoms with van der Waals surface area (Å²) in [6, 6.07) is 0.645. The molecule has 0 aromatic heterocycles. The van der Waals surface area contributed by atoms with E-state index in [-0.39, 0.29) is 0 Å². The van der Waals surface area contributed by atoms with Crippen LogP contribution >= 0.6 is 15.9 Å². The predicted octanol–water partition coefficient (Wildman–Crippen LogP) is 1.95. The third-order valence-corrected chi connectivity index (χ3v) is 4.56. The molecule has 3 nitrogen and oxygen atoms in total. The summed E-state index contributed by atoms with van der Waals surface area (Å²) in [6.07, 6.45) is 3.04. The Morgan fingerprint density at radius 1 is 1.29 bits per heavy atom. The fourth-order valence-electron chi connectivity index (χ4n) is 2.77. The van der Waals surface area contributed by atoms with Crippen LogP contribution in [0.25, 0.3) is 0 Å². The molecule has 0 aromatic carbocycles. The van der Waals surface area contributed by atoms with Crippen molar-refractivity contribution in [2.24, 2.45) is 0 Å². The minimum Gasteiger partial charge on any atom is -0.374 e. The zero-order valence-corrected chi connectivity index (χ0v) is 12.7. The normalized spacial score (nSPS) is 33.2. The van der Waals surface area contributed by atoms with Crippen molar-refractivity contribution >= 4 is 15.9 Å². The Morgan fingerprint density at radius 3 is 2.82 bits per heavy atom. The Hall–Kier alpha value is 0.360. The molecule has 2 fully saturated rings. The molecule has 0 bridgehead atoms. The zero-order valence-electron chi connectivity index (χ0n) is 11.1. The lowest BCUT2D eigenvalue weighted by Gasteiger charge is -2.39. The highest BCUT2D eigenvalue weighted by Crippen LogP contribution is 2.18. The molecular weight excluding hydrogens is 280 g/mol. The summed E-state index contributed by atoms with van der Waals surface area (Å²) in [6.45, 7) is 11.2. The number of halogens is 1. The average molecular weight is 305 g/mol. The van der Waals surface area contributed by atoms with E-state index in [1.807, 2.05) is 0 Å². The number of piperidine rings is 1. The summed E-state index contributed by atoms with van der Waals surface area (Å²) in [7, 11) is 0. The van der Waals surface area contributed by atoms with Crippen LogP contribution in [0.3, 0.4) is 0 Å². The van der Waals surface area contributed by atoms with E-state index in [2.05, 4.69) is 39.6 Å². The largest absolute Gasteiger partial charge is 0.374 e. The van der Waals surface area contributed by atoms with Crippen molar-refractivity contribution < 1.29 is 4.74 Å². The van der Waals surface area contributed by atoms with E-state index >= 15 is 0 Å². The smallest absolute Gasteiger partial charge is 0.0829 e. The molecule has 100 valence electrons. The second-order valence-electron chi connectivity index (χ2n) is 5.58. The number of ether oxygens (including phenoxy) is 1. The Kier molecular flexibility index (Phi) is 5.27. The summed E-state index contributed by atoms with van der Waals surface area (Å²) >= 11 is 3.74. The van der Waals surface area contributed by atoms with Crippen molar-refractivity contribution in [2.45, 2.75) is 43.7 Å². The molecule has 0 spiro atoms. The van der Waals surface area contributed by atoms with Crippen molar-refractivity contribution in [3.63, 3.8) is 0 Å². The van der Waals surface area contributed by atoms with Gasteiger partial charge in [0.05, 0.1) is 12.7 Å². The quantitative estimate of drug-likeness (QED) is 0.741. The van der Waals surface area contributed by atoms with E-state index in [1.54, 1.807) is 0 Å². The van der Waals surface area contributed by atoms with Crippen molar-refractivity contribution in [2.75, 3.05) is 39.3 Å². The van der Waals surface area contributed by atoms with E-state index < -0.39 is 0 Å². The first-order valence-corrected chi connectivity index (χ1v) is 7.79. The maximum Gasteiger partial charge on any atom is 0.0829 e. The molecule has 2 unspecified atom stereocenters. The molecular formula is C13H25BrN2O. The summed E-state index contributed by atoms with van der Waals surface area (Å²) in [4.78, 5) is 5.77. The van der Waals surface area contributed by atoms with Gasteiger partial charge in [-0.1, -0.05) is 15.9 Å². The molecule has 0 radical (unpaired) electrons. The Morgan fingerprint density at radius 2 is 2.12 bits per heavy atom. The van der Waals surface area contributed by atoms with Gasteiger partial charge in [0.15, 0.2) is 0 Å². The van der Waals surface area contributed by atoms with Crippen LogP contribution in [0.5, 0.6) is 0 Å². The lowest BCUT2D eigenvalue weighted by Crippen LogP contribution is -2.51. The van der Waals surface area contributed by atoms with Crippen molar-refractivity contribution in [1.82, 2.24) is 9.80 Å². The summed E-state index contributed by atoms with van der Waals surface area (Å²) in [5.41, 5.74) is 0. The first-order valence-electron chi connectivity index (χ1n) is 6.87. The zero-order chi connectivity index (χ0) is 12.3. The van der Waals surface area contributed by atoms with Gasteiger partial charge in [-0.15, -0.1) is 0 Å². The van der Waals surface area contributed by atoms with Crippen molar-refractivity contribution in [1.29, 1.82) is 0 Å². The van der Waals surface area contributed by atoms with Gasteiger partial charge in [0, 0.05) is 37.0 Å². The third-order valence-electron chi connectivity index (χ3n) is 3.81. The van der Waals surface area contributed by atoms with Gasteiger partial charge < -0.3 is 4.74 Å². The highest BCUT2D eigenvalue weighted by atomic mass is 79.9. The van der Waals surface area contributed by atoms with Gasteiger partial charge in [-0.05, 0) is 33.2 Å². The van der Waals surface area contributed by atoms with Crippen molar-refractivity contribution in [3.05, 3.63) is 0 Å². The fourth-order valence-corrected chi connectivity index (χ4v) is 3.51. The molecule has 2 aliphatic heterocycles. The molecule has 2 heterocycles. The van der Waals surface area contributed by atoms with Crippen molar-refractivity contribution in [3.8, 4) is 0 Å². The average Bonchev–Trinajstić information content (AvgIpc) is 2.29. The van der Waals surface area contributed by atoms with Crippen LogP contribution in [0.2, 0.25) is 0 Å². The lowest BCUT2D eigenvalue weighted by molar-refractivity contribution is -0.0534. The van der Waals surface area contributed by atoms with E-state index in [0.717, 1.165) is 26.2 Å². The van der Waals surface area contributed by atoms with E-state index in [1.165, 1.54) is 25.9 Å². The number of nitrogens with zero attached hydrogens (tertiary/aromatic N) is 2. The molecule has 2 saturated heterocycles. The minimum atomic E-state index is 0.406. The van der Waals surface area contributed by atoms with E-state index in [4.69, 9.17) is 4.74 Å². The van der Waals surface area contributed by atoms with Crippen LogP contribution in [0, 0.1) is 0 Å². The van der Waals surface area contributed by atoms with Gasteiger partial charge in [0.1, 0.15) is 0 Å². The highest BCUT2D eigenvalue weighted by molar-refractivity contribution is 9.09. The Labute approximate surface area is 114 Å². The van der Waals surface area contributed by atoms with Crippen LogP contribution in [0.1, 0.15) is 26.7 Å². The SMILES string of the molecule is CC(C)N1CCOC(CN2CCCC(Br)C2)C1. The summed E-state index contributed by atoms with van der Waals surface area (Å²) < 4.78 is 5.90. The highest BCUT2D eigenvalue weighted by Gasteiger charge is 2.26. The van der Waals surface area contributed by atoms with Crippen LogP contribution < -0.4 is 0 Å². The number of morpholine rings is 1. The molecule has 17 heavy (non-hydrogen) atoms. The topological polar surface area (TPSA) is 15.7 Å². The predicted molar refractivity (Wildman–Crippen MR) is 74.8 cm³/mol. The fraction of sp³-hybridized carbons (Fsp3) is 1.00. The molecule has 2 rings (SSSR count). The number of rotatable bonds is 3. The van der Waals surface area contributed by atoms with Gasteiger partial charge >= 0.3 is 0 Å². The Bertz CT molecular complexity index is 237. The maximum absolute atomic E-state index is 5.90. The van der Waals surface area contributed by atoms with Gasteiger partial charge in [-0.2, -0.15) is 0 Å². The lowest BCUT2D eigenvalue weighted by atomic mass is 10.1. The first-order chi connectivity index (χ1) is 8.15. The number of hydrogen-bond acceptors (Lipinski definition) is 3. The van der Waals surface area contributed by atoms with Crippen LogP contribution in [0.4, 0.5) is 0 Å². The number of hydrogen-bond donors (Lipinski definition) is 0.